The lowest BCUT2D eigenvalue weighted by molar-refractivity contribution is 0.00949. The van der Waals surface area contributed by atoms with Crippen molar-refractivity contribution in [3.63, 3.8) is 0 Å². The van der Waals surface area contributed by atoms with Gasteiger partial charge in [-0.05, 0) is 23.7 Å². The van der Waals surface area contributed by atoms with Crippen LogP contribution in [-0.4, -0.2) is 0 Å². The Hall–Kier alpha value is -0.260. The summed E-state index contributed by atoms with van der Waals surface area (Å²) in [5, 5.41) is 0. The van der Waals surface area contributed by atoms with E-state index in [1.807, 2.05) is 0 Å². The number of allylic oxidation sites excluding steroid dienone is 1. The Morgan fingerprint density at radius 3 is 2.50 bits per heavy atom. The second-order valence-corrected chi connectivity index (χ2v) is 4.00. The van der Waals surface area contributed by atoms with Crippen molar-refractivity contribution in [2.45, 2.75) is 33.6 Å². The minimum Gasteiger partial charge on any atom is -0.103 e. The van der Waals surface area contributed by atoms with E-state index in [-0.39, 0.29) is 0 Å². The molecule has 1 aliphatic carbocycles. The first kappa shape index (κ1) is 7.84. The molecule has 0 aromatic rings. The summed E-state index contributed by atoms with van der Waals surface area (Å²) in [6, 6.07) is 0. The summed E-state index contributed by atoms with van der Waals surface area (Å²) in [5.74, 6) is 1.72. The highest BCUT2D eigenvalue weighted by Gasteiger charge is 2.44. The van der Waals surface area contributed by atoms with Gasteiger partial charge in [0.15, 0.2) is 0 Å². The fourth-order valence-electron chi connectivity index (χ4n) is 2.15. The largest absolute Gasteiger partial charge is 0.103 e. The molecular formula is C10H18. The average Bonchev–Trinajstić information content (AvgIpc) is 1.88. The van der Waals surface area contributed by atoms with E-state index < -0.39 is 0 Å². The smallest absolute Gasteiger partial charge is 0.0179 e. The predicted octanol–water partition coefficient (Wildman–Crippen LogP) is 3.24. The quantitative estimate of drug-likeness (QED) is 0.514. The Morgan fingerprint density at radius 2 is 2.20 bits per heavy atom. The van der Waals surface area contributed by atoms with Crippen molar-refractivity contribution in [2.75, 3.05) is 0 Å². The summed E-state index contributed by atoms with van der Waals surface area (Å²) in [4.78, 5) is 0. The molecule has 0 heterocycles. The summed E-state index contributed by atoms with van der Waals surface area (Å²) >= 11 is 0. The molecule has 0 bridgehead atoms. The van der Waals surface area contributed by atoms with E-state index in [1.165, 1.54) is 12.8 Å². The summed E-state index contributed by atoms with van der Waals surface area (Å²) in [7, 11) is 0. The van der Waals surface area contributed by atoms with Gasteiger partial charge in [0.1, 0.15) is 0 Å². The normalized spacial score (nSPS) is 36.7. The van der Waals surface area contributed by atoms with Crippen LogP contribution < -0.4 is 0 Å². The van der Waals surface area contributed by atoms with Gasteiger partial charge < -0.3 is 0 Å². The molecule has 1 rings (SSSR count). The minimum atomic E-state index is 0.538. The molecule has 0 heteroatoms. The van der Waals surface area contributed by atoms with Crippen LogP contribution in [0.1, 0.15) is 33.6 Å². The summed E-state index contributed by atoms with van der Waals surface area (Å²) in [6.07, 6.45) is 4.82. The van der Waals surface area contributed by atoms with Crippen LogP contribution in [0.4, 0.5) is 0 Å². The van der Waals surface area contributed by atoms with Gasteiger partial charge in [0.2, 0.25) is 0 Å². The zero-order valence-electron chi connectivity index (χ0n) is 7.35. The molecule has 2 atom stereocenters. The Kier molecular flexibility index (Phi) is 1.89. The van der Waals surface area contributed by atoms with E-state index in [4.69, 9.17) is 0 Å². The van der Waals surface area contributed by atoms with E-state index in [0.717, 1.165) is 11.8 Å². The van der Waals surface area contributed by atoms with E-state index in [1.54, 1.807) is 0 Å². The van der Waals surface area contributed by atoms with Gasteiger partial charge in [0, 0.05) is 0 Å². The molecular weight excluding hydrogens is 120 g/mol. The molecule has 0 saturated heterocycles. The van der Waals surface area contributed by atoms with Crippen molar-refractivity contribution in [3.05, 3.63) is 12.7 Å². The van der Waals surface area contributed by atoms with Gasteiger partial charge in [-0.2, -0.15) is 0 Å². The molecule has 0 radical (unpaired) electrons. The maximum absolute atomic E-state index is 3.85. The van der Waals surface area contributed by atoms with Gasteiger partial charge in [0.25, 0.3) is 0 Å². The molecule has 2 unspecified atom stereocenters. The monoisotopic (exact) mass is 138 g/mol. The number of hydrogen-bond acceptors (Lipinski definition) is 0. The molecule has 0 aliphatic heterocycles. The molecule has 0 aromatic heterocycles. The fraction of sp³-hybridized carbons (Fsp3) is 0.800. The molecule has 1 saturated carbocycles. The van der Waals surface area contributed by atoms with E-state index in [0.29, 0.717) is 5.41 Å². The zero-order valence-corrected chi connectivity index (χ0v) is 7.35. The van der Waals surface area contributed by atoms with Crippen molar-refractivity contribution in [1.29, 1.82) is 0 Å². The lowest BCUT2D eigenvalue weighted by Gasteiger charge is -2.51. The minimum absolute atomic E-state index is 0.538. The Balaban J connectivity index is 2.55. The first-order valence-corrected chi connectivity index (χ1v) is 4.25. The molecule has 1 fully saturated rings. The van der Waals surface area contributed by atoms with Gasteiger partial charge in [-0.15, -0.1) is 6.58 Å². The maximum atomic E-state index is 3.85. The van der Waals surface area contributed by atoms with Crippen LogP contribution in [0.5, 0.6) is 0 Å². The van der Waals surface area contributed by atoms with E-state index in [2.05, 4.69) is 33.4 Å². The van der Waals surface area contributed by atoms with Crippen LogP contribution in [-0.2, 0) is 0 Å². The van der Waals surface area contributed by atoms with E-state index in [9.17, 15) is 0 Å². The van der Waals surface area contributed by atoms with Crippen LogP contribution in [0, 0.1) is 17.3 Å². The zero-order chi connectivity index (χ0) is 7.78. The number of rotatable bonds is 2. The molecule has 0 spiro atoms. The van der Waals surface area contributed by atoms with Crippen molar-refractivity contribution in [1.82, 2.24) is 0 Å². The predicted molar refractivity (Wildman–Crippen MR) is 45.9 cm³/mol. The molecule has 58 valence electrons. The van der Waals surface area contributed by atoms with Crippen molar-refractivity contribution in [3.8, 4) is 0 Å². The van der Waals surface area contributed by atoms with E-state index >= 15 is 0 Å². The van der Waals surface area contributed by atoms with Gasteiger partial charge in [-0.3, -0.25) is 0 Å². The second-order valence-electron chi connectivity index (χ2n) is 4.00. The first-order chi connectivity index (χ1) is 4.62. The van der Waals surface area contributed by atoms with Crippen LogP contribution in [0.3, 0.4) is 0 Å². The van der Waals surface area contributed by atoms with Crippen molar-refractivity contribution >= 4 is 0 Å². The van der Waals surface area contributed by atoms with Crippen LogP contribution in [0.25, 0.3) is 0 Å². The van der Waals surface area contributed by atoms with Crippen molar-refractivity contribution in [2.24, 2.45) is 17.3 Å². The van der Waals surface area contributed by atoms with Gasteiger partial charge in [-0.1, -0.05) is 33.3 Å². The topological polar surface area (TPSA) is 0 Å². The summed E-state index contributed by atoms with van der Waals surface area (Å²) in [6.45, 7) is 10.8. The van der Waals surface area contributed by atoms with Crippen molar-refractivity contribution < 1.29 is 0 Å². The Morgan fingerprint density at radius 1 is 1.60 bits per heavy atom. The van der Waals surface area contributed by atoms with Crippen LogP contribution in [0.2, 0.25) is 0 Å². The summed E-state index contributed by atoms with van der Waals surface area (Å²) < 4.78 is 0. The lowest BCUT2D eigenvalue weighted by atomic mass is 9.54. The molecule has 0 amide bonds. The Labute approximate surface area is 64.3 Å². The standard InChI is InChI=1S/C10H18/c1-5-8-7-9(6-2)10(8,3)4/h5,8-9H,1,6-7H2,2-4H3. The molecule has 0 nitrogen and oxygen atoms in total. The highest BCUT2D eigenvalue weighted by molar-refractivity contribution is 5.03. The molecule has 0 aromatic carbocycles. The molecule has 0 N–H and O–H groups in total. The van der Waals surface area contributed by atoms with Gasteiger partial charge in [-0.25, -0.2) is 0 Å². The molecule has 1 aliphatic rings. The first-order valence-electron chi connectivity index (χ1n) is 4.25. The molecule has 10 heavy (non-hydrogen) atoms. The summed E-state index contributed by atoms with van der Waals surface area (Å²) in [5.41, 5.74) is 0.538. The highest BCUT2D eigenvalue weighted by Crippen LogP contribution is 2.53. The third-order valence-electron chi connectivity index (χ3n) is 3.32. The maximum Gasteiger partial charge on any atom is -0.0179 e. The van der Waals surface area contributed by atoms with Gasteiger partial charge in [0.05, 0.1) is 0 Å². The van der Waals surface area contributed by atoms with Gasteiger partial charge >= 0.3 is 0 Å². The third-order valence-corrected chi connectivity index (χ3v) is 3.32. The number of hydrogen-bond donors (Lipinski definition) is 0. The lowest BCUT2D eigenvalue weighted by Crippen LogP contribution is -2.43. The van der Waals surface area contributed by atoms with Crippen LogP contribution in [0.15, 0.2) is 12.7 Å². The average molecular weight is 138 g/mol. The second kappa shape index (κ2) is 2.41. The van der Waals surface area contributed by atoms with Crippen LogP contribution >= 0.6 is 0 Å². The Bertz CT molecular complexity index is 133. The fourth-order valence-corrected chi connectivity index (χ4v) is 2.15. The third kappa shape index (κ3) is 0.902. The SMILES string of the molecule is C=CC1CC(CC)C1(C)C. The highest BCUT2D eigenvalue weighted by atomic mass is 14.5.